The molecule has 3 aromatic carbocycles. The van der Waals surface area contributed by atoms with Gasteiger partial charge in [-0.15, -0.1) is 0 Å². The number of nitrogens with one attached hydrogen (secondary N) is 2. The van der Waals surface area contributed by atoms with E-state index >= 15 is 0 Å². The number of carbonyl (C=O) groups is 1. The number of carbonyl (C=O) groups excluding carboxylic acids is 1. The normalized spacial score (nSPS) is 11.2. The van der Waals surface area contributed by atoms with Crippen LogP contribution in [0.5, 0.6) is 5.75 Å². The van der Waals surface area contributed by atoms with Gasteiger partial charge in [0.25, 0.3) is 5.56 Å². The summed E-state index contributed by atoms with van der Waals surface area (Å²) < 4.78 is 5.47. The van der Waals surface area contributed by atoms with Crippen LogP contribution in [0.4, 0.5) is 16.2 Å². The van der Waals surface area contributed by atoms with Crippen LogP contribution >= 0.6 is 0 Å². The Kier molecular flexibility index (Phi) is 8.38. The molecule has 2 amide bonds. The largest absolute Gasteiger partial charge is 0.497 e. The molecule has 42 heavy (non-hydrogen) atoms. The van der Waals surface area contributed by atoms with Gasteiger partial charge in [0.05, 0.1) is 13.7 Å². The van der Waals surface area contributed by atoms with Crippen molar-refractivity contribution in [2.45, 2.75) is 46.1 Å². The molecule has 7 nitrogen and oxygen atoms in total. The second-order valence-electron chi connectivity index (χ2n) is 11.0. The number of hydrogen-bond acceptors (Lipinski definition) is 4. The van der Waals surface area contributed by atoms with E-state index in [0.717, 1.165) is 44.6 Å². The molecule has 0 saturated carbocycles. The molecule has 2 aromatic heterocycles. The molecule has 2 heterocycles. The van der Waals surface area contributed by atoms with E-state index in [0.29, 0.717) is 5.65 Å². The lowest BCUT2D eigenvalue weighted by Crippen LogP contribution is -2.38. The number of fused-ring (bicyclic) bond motifs is 1. The summed E-state index contributed by atoms with van der Waals surface area (Å²) in [6.45, 7) is 8.69. The predicted molar refractivity (Wildman–Crippen MR) is 171 cm³/mol. The maximum atomic E-state index is 14.2. The topological polar surface area (TPSA) is 87.3 Å². The molecule has 0 spiro atoms. The summed E-state index contributed by atoms with van der Waals surface area (Å²) in [5.74, 6) is 1.04. The maximum absolute atomic E-state index is 14.2. The molecule has 0 aliphatic carbocycles. The number of aromatic amines is 1. The first-order chi connectivity index (χ1) is 20.2. The third-order valence-electron chi connectivity index (χ3n) is 7.39. The monoisotopic (exact) mass is 560 g/mol. The van der Waals surface area contributed by atoms with Crippen molar-refractivity contribution in [3.63, 3.8) is 0 Å². The third kappa shape index (κ3) is 6.05. The highest BCUT2D eigenvalue weighted by molar-refractivity contribution is 6.03. The SMILES string of the molecule is COc1cccc(-c2cc(C(C)C)c(NC(=O)N(Cc3ccccc3)c3cc4cccnc4[nH]c3=O)c(C(C)C)c2)c1. The summed E-state index contributed by atoms with van der Waals surface area (Å²) in [5.41, 5.74) is 6.15. The number of rotatable bonds is 8. The Balaban J connectivity index is 1.61. The third-order valence-corrected chi connectivity index (χ3v) is 7.39. The van der Waals surface area contributed by atoms with E-state index in [1.807, 2.05) is 54.6 Å². The van der Waals surface area contributed by atoms with Crippen molar-refractivity contribution in [2.24, 2.45) is 0 Å². The van der Waals surface area contributed by atoms with Crippen molar-refractivity contribution in [1.82, 2.24) is 9.97 Å². The molecule has 0 atom stereocenters. The van der Waals surface area contributed by atoms with Crippen LogP contribution in [0.15, 0.2) is 95.9 Å². The summed E-state index contributed by atoms with van der Waals surface area (Å²) in [6, 6.07) is 26.9. The first kappa shape index (κ1) is 28.6. The molecule has 0 unspecified atom stereocenters. The highest BCUT2D eigenvalue weighted by Crippen LogP contribution is 2.38. The van der Waals surface area contributed by atoms with E-state index in [1.165, 1.54) is 4.90 Å². The van der Waals surface area contributed by atoms with Gasteiger partial charge in [0, 0.05) is 17.3 Å². The number of hydrogen-bond donors (Lipinski definition) is 2. The zero-order chi connectivity index (χ0) is 29.8. The number of nitrogens with zero attached hydrogens (tertiary/aromatic N) is 2. The van der Waals surface area contributed by atoms with Crippen LogP contribution < -0.4 is 20.5 Å². The van der Waals surface area contributed by atoms with Gasteiger partial charge in [0.15, 0.2) is 0 Å². The molecule has 5 rings (SSSR count). The molecule has 0 aliphatic rings. The lowest BCUT2D eigenvalue weighted by atomic mass is 9.88. The smallest absolute Gasteiger partial charge is 0.326 e. The Morgan fingerprint density at radius 3 is 2.26 bits per heavy atom. The van der Waals surface area contributed by atoms with E-state index in [1.54, 1.807) is 25.4 Å². The van der Waals surface area contributed by atoms with Crippen LogP contribution in [-0.2, 0) is 6.54 Å². The number of amides is 2. The Hall–Kier alpha value is -4.91. The lowest BCUT2D eigenvalue weighted by Gasteiger charge is -2.27. The molecular weight excluding hydrogens is 524 g/mol. The second kappa shape index (κ2) is 12.3. The quantitative estimate of drug-likeness (QED) is 0.201. The fourth-order valence-electron chi connectivity index (χ4n) is 5.14. The van der Waals surface area contributed by atoms with Gasteiger partial charge in [0.2, 0.25) is 0 Å². The first-order valence-corrected chi connectivity index (χ1v) is 14.2. The number of urea groups is 1. The maximum Gasteiger partial charge on any atom is 0.326 e. The van der Waals surface area contributed by atoms with E-state index in [9.17, 15) is 9.59 Å². The average molecular weight is 561 g/mol. The molecule has 0 saturated heterocycles. The minimum atomic E-state index is -0.384. The van der Waals surface area contributed by atoms with Crippen LogP contribution in [-0.4, -0.2) is 23.1 Å². The molecule has 2 N–H and O–H groups in total. The molecule has 0 aliphatic heterocycles. The second-order valence-corrected chi connectivity index (χ2v) is 11.0. The average Bonchev–Trinajstić information content (AvgIpc) is 3.00. The molecule has 0 fully saturated rings. The van der Waals surface area contributed by atoms with E-state index in [4.69, 9.17) is 4.74 Å². The highest BCUT2D eigenvalue weighted by Gasteiger charge is 2.24. The molecule has 5 aromatic rings. The van der Waals surface area contributed by atoms with E-state index in [2.05, 4.69) is 61.2 Å². The van der Waals surface area contributed by atoms with Crippen LogP contribution in [0.2, 0.25) is 0 Å². The number of benzene rings is 3. The first-order valence-electron chi connectivity index (χ1n) is 14.2. The van der Waals surface area contributed by atoms with Crippen molar-refractivity contribution in [2.75, 3.05) is 17.3 Å². The molecule has 0 bridgehead atoms. The lowest BCUT2D eigenvalue weighted by molar-refractivity contribution is 0.256. The Morgan fingerprint density at radius 1 is 0.881 bits per heavy atom. The number of anilines is 2. The summed E-state index contributed by atoms with van der Waals surface area (Å²) in [5, 5.41) is 3.97. The Labute approximate surface area is 246 Å². The highest BCUT2D eigenvalue weighted by atomic mass is 16.5. The minimum absolute atomic E-state index is 0.126. The van der Waals surface area contributed by atoms with Crippen molar-refractivity contribution in [1.29, 1.82) is 0 Å². The van der Waals surface area contributed by atoms with Crippen LogP contribution in [0.25, 0.3) is 22.2 Å². The number of ether oxygens (including phenoxy) is 1. The van der Waals surface area contributed by atoms with Crippen molar-refractivity contribution in [3.8, 4) is 16.9 Å². The summed E-state index contributed by atoms with van der Waals surface area (Å²) in [6.07, 6.45) is 1.63. The Morgan fingerprint density at radius 2 is 1.60 bits per heavy atom. The van der Waals surface area contributed by atoms with E-state index < -0.39 is 0 Å². The van der Waals surface area contributed by atoms with Gasteiger partial charge in [-0.1, -0.05) is 70.2 Å². The van der Waals surface area contributed by atoms with Gasteiger partial charge in [-0.3, -0.25) is 9.69 Å². The van der Waals surface area contributed by atoms with Crippen LogP contribution in [0.1, 0.15) is 56.2 Å². The fourth-order valence-corrected chi connectivity index (χ4v) is 5.14. The molecular formula is C35H36N4O3. The zero-order valence-corrected chi connectivity index (χ0v) is 24.6. The molecule has 214 valence electrons. The fraction of sp³-hybridized carbons (Fsp3) is 0.229. The van der Waals surface area contributed by atoms with Crippen molar-refractivity contribution in [3.05, 3.63) is 118 Å². The summed E-state index contributed by atoms with van der Waals surface area (Å²) in [7, 11) is 1.66. The summed E-state index contributed by atoms with van der Waals surface area (Å²) in [4.78, 5) is 36.1. The van der Waals surface area contributed by atoms with Gasteiger partial charge >= 0.3 is 6.03 Å². The van der Waals surface area contributed by atoms with Crippen LogP contribution in [0.3, 0.4) is 0 Å². The minimum Gasteiger partial charge on any atom is -0.497 e. The van der Waals surface area contributed by atoms with Gasteiger partial charge in [0.1, 0.15) is 17.1 Å². The number of H-pyrrole nitrogens is 1. The van der Waals surface area contributed by atoms with Gasteiger partial charge in [-0.25, -0.2) is 9.78 Å². The van der Waals surface area contributed by atoms with E-state index in [-0.39, 0.29) is 35.7 Å². The van der Waals surface area contributed by atoms with Gasteiger partial charge in [-0.05, 0) is 82.1 Å². The summed E-state index contributed by atoms with van der Waals surface area (Å²) >= 11 is 0. The molecule has 0 radical (unpaired) electrons. The zero-order valence-electron chi connectivity index (χ0n) is 24.6. The standard InChI is InChI=1S/C35H36N4O3/c1-22(2)29-18-27(25-13-9-15-28(17-25)42-5)19-30(23(3)4)32(29)37-35(41)39(21-24-11-7-6-8-12-24)31-20-26-14-10-16-36-33(26)38-34(31)40/h6-20,22-23H,21H2,1-5H3,(H,37,41)(H,36,38,40). The van der Waals surface area contributed by atoms with Crippen molar-refractivity contribution >= 4 is 28.4 Å². The van der Waals surface area contributed by atoms with Crippen molar-refractivity contribution < 1.29 is 9.53 Å². The number of aromatic nitrogens is 2. The van der Waals surface area contributed by atoms with Gasteiger partial charge in [-0.2, -0.15) is 0 Å². The molecule has 7 heteroatoms. The Bertz CT molecular complexity index is 1750. The van der Waals surface area contributed by atoms with Crippen LogP contribution in [0, 0.1) is 0 Å². The number of pyridine rings is 2. The predicted octanol–water partition coefficient (Wildman–Crippen LogP) is 8.08. The number of methoxy groups -OCH3 is 1. The van der Waals surface area contributed by atoms with Gasteiger partial charge < -0.3 is 15.0 Å².